The van der Waals surface area contributed by atoms with Gasteiger partial charge in [-0.3, -0.25) is 14.6 Å². The number of nitrogens with zero attached hydrogens (tertiary/aromatic N) is 3. The van der Waals surface area contributed by atoms with Crippen LogP contribution in [0, 0.1) is 19.8 Å². The highest BCUT2D eigenvalue weighted by molar-refractivity contribution is 5.94. The maximum Gasteiger partial charge on any atom is 0.258 e. The van der Waals surface area contributed by atoms with E-state index in [0.29, 0.717) is 11.3 Å². The van der Waals surface area contributed by atoms with Crippen LogP contribution in [0.5, 0.6) is 0 Å². The zero-order valence-corrected chi connectivity index (χ0v) is 18.4. The van der Waals surface area contributed by atoms with E-state index in [-0.39, 0.29) is 17.4 Å². The molecule has 0 atom stereocenters. The molecule has 1 aliphatic heterocycles. The Morgan fingerprint density at radius 3 is 2.58 bits per heavy atom. The van der Waals surface area contributed by atoms with Crippen molar-refractivity contribution in [3.8, 4) is 11.1 Å². The molecule has 0 aliphatic carbocycles. The van der Waals surface area contributed by atoms with Crippen LogP contribution >= 0.6 is 0 Å². The molecule has 1 fully saturated rings. The lowest BCUT2D eigenvalue weighted by Crippen LogP contribution is -2.37. The summed E-state index contributed by atoms with van der Waals surface area (Å²) in [5.41, 5.74) is 4.74. The molecular weight excluding hydrogens is 392 g/mol. The number of aromatic nitrogens is 2. The molecule has 0 radical (unpaired) electrons. The Kier molecular flexibility index (Phi) is 5.89. The van der Waals surface area contributed by atoms with Crippen LogP contribution in [0.15, 0.2) is 41.3 Å². The van der Waals surface area contributed by atoms with Crippen molar-refractivity contribution in [3.63, 3.8) is 0 Å². The maximum atomic E-state index is 13.1. The average molecular weight is 421 g/mol. The lowest BCUT2D eigenvalue weighted by molar-refractivity contribution is -0.152. The zero-order valence-electron chi connectivity index (χ0n) is 18.4. The third kappa shape index (κ3) is 4.24. The Balaban J connectivity index is 1.64. The molecule has 31 heavy (non-hydrogen) atoms. The van der Waals surface area contributed by atoms with Gasteiger partial charge in [0.1, 0.15) is 0 Å². The Labute approximate surface area is 181 Å². The van der Waals surface area contributed by atoms with Gasteiger partial charge in [0, 0.05) is 54.6 Å². The van der Waals surface area contributed by atoms with Crippen LogP contribution in [-0.2, 0) is 16.7 Å². The van der Waals surface area contributed by atoms with E-state index in [2.05, 4.69) is 10.3 Å². The van der Waals surface area contributed by atoms with Crippen molar-refractivity contribution in [2.45, 2.75) is 26.7 Å². The molecule has 1 N–H and O–H groups in total. The Bertz CT molecular complexity index is 1190. The van der Waals surface area contributed by atoms with Gasteiger partial charge in [0.25, 0.3) is 5.56 Å². The van der Waals surface area contributed by atoms with Crippen molar-refractivity contribution in [2.24, 2.45) is 13.0 Å². The minimum Gasteiger partial charge on any atom is -0.326 e. The number of pyridine rings is 2. The number of amides is 1. The van der Waals surface area contributed by atoms with Crippen LogP contribution in [0.3, 0.4) is 0 Å². The number of hydrogen-bond acceptors (Lipinski definition) is 5. The number of benzene rings is 1. The summed E-state index contributed by atoms with van der Waals surface area (Å²) >= 11 is 0. The number of nitrogens with one attached hydrogen (secondary N) is 1. The standard InChI is InChI=1S/C24H28N4O3/c1-15-5-6-19(26-23(29)17-7-9-28(31-4)10-8-17)13-20(15)21-12-18-14-25-16(2)11-22(18)27(3)24(21)30/h5-6,11-14,17H,7-10H2,1-4H3,(H,26,29). The van der Waals surface area contributed by atoms with Gasteiger partial charge in [-0.25, -0.2) is 0 Å². The number of hydrogen-bond donors (Lipinski definition) is 1. The number of carbonyl (C=O) groups is 1. The Morgan fingerprint density at radius 2 is 1.87 bits per heavy atom. The minimum absolute atomic E-state index is 0.0108. The van der Waals surface area contributed by atoms with Gasteiger partial charge in [-0.05, 0) is 62.1 Å². The van der Waals surface area contributed by atoms with E-state index in [9.17, 15) is 9.59 Å². The van der Waals surface area contributed by atoms with Gasteiger partial charge in [0.2, 0.25) is 5.91 Å². The van der Waals surface area contributed by atoms with Crippen molar-refractivity contribution < 1.29 is 9.63 Å². The van der Waals surface area contributed by atoms with Crippen LogP contribution in [0.4, 0.5) is 5.69 Å². The molecule has 0 spiro atoms. The molecule has 1 amide bonds. The number of piperidine rings is 1. The molecule has 0 unspecified atom stereocenters. The fourth-order valence-corrected chi connectivity index (χ4v) is 4.19. The lowest BCUT2D eigenvalue weighted by Gasteiger charge is -2.29. The fraction of sp³-hybridized carbons (Fsp3) is 0.375. The first-order valence-corrected chi connectivity index (χ1v) is 10.5. The van der Waals surface area contributed by atoms with Gasteiger partial charge in [0.05, 0.1) is 12.6 Å². The van der Waals surface area contributed by atoms with Gasteiger partial charge in [-0.2, -0.15) is 5.06 Å². The van der Waals surface area contributed by atoms with Crippen LogP contribution in [-0.4, -0.2) is 40.7 Å². The van der Waals surface area contributed by atoms with E-state index in [1.807, 2.05) is 49.2 Å². The van der Waals surface area contributed by atoms with Crippen molar-refractivity contribution in [2.75, 3.05) is 25.5 Å². The number of rotatable bonds is 4. The first kappa shape index (κ1) is 21.2. The number of fused-ring (bicyclic) bond motifs is 1. The zero-order chi connectivity index (χ0) is 22.1. The van der Waals surface area contributed by atoms with Gasteiger partial charge < -0.3 is 14.7 Å². The van der Waals surface area contributed by atoms with Crippen molar-refractivity contribution in [1.82, 2.24) is 14.6 Å². The smallest absolute Gasteiger partial charge is 0.258 e. The molecule has 0 saturated carbocycles. The van der Waals surface area contributed by atoms with Crippen LogP contribution in [0.25, 0.3) is 22.0 Å². The molecule has 1 aliphatic rings. The Hall–Kier alpha value is -3.03. The summed E-state index contributed by atoms with van der Waals surface area (Å²) in [5, 5.41) is 5.82. The average Bonchev–Trinajstić information content (AvgIpc) is 2.78. The molecule has 1 aromatic carbocycles. The van der Waals surface area contributed by atoms with Gasteiger partial charge in [0.15, 0.2) is 0 Å². The normalized spacial score (nSPS) is 15.4. The van der Waals surface area contributed by atoms with Crippen molar-refractivity contribution in [1.29, 1.82) is 0 Å². The number of hydroxylamine groups is 2. The second-order valence-electron chi connectivity index (χ2n) is 8.21. The lowest BCUT2D eigenvalue weighted by atomic mass is 9.96. The van der Waals surface area contributed by atoms with Crippen LogP contribution in [0.2, 0.25) is 0 Å². The molecule has 0 bridgehead atoms. The summed E-state index contributed by atoms with van der Waals surface area (Å²) in [6.45, 7) is 5.37. The van der Waals surface area contributed by atoms with Crippen molar-refractivity contribution >= 4 is 22.5 Å². The van der Waals surface area contributed by atoms with Crippen LogP contribution in [0.1, 0.15) is 24.1 Å². The summed E-state index contributed by atoms with van der Waals surface area (Å²) in [6.07, 6.45) is 3.31. The predicted octanol–water partition coefficient (Wildman–Crippen LogP) is 3.43. The summed E-state index contributed by atoms with van der Waals surface area (Å²) in [7, 11) is 3.43. The number of carbonyl (C=O) groups excluding carboxylic acids is 1. The summed E-state index contributed by atoms with van der Waals surface area (Å²) in [6, 6.07) is 9.52. The van der Waals surface area contributed by atoms with Crippen LogP contribution < -0.4 is 10.9 Å². The van der Waals surface area contributed by atoms with E-state index in [0.717, 1.165) is 53.7 Å². The monoisotopic (exact) mass is 420 g/mol. The van der Waals surface area contributed by atoms with Gasteiger partial charge in [-0.1, -0.05) is 6.07 Å². The van der Waals surface area contributed by atoms with E-state index in [1.165, 1.54) is 0 Å². The topological polar surface area (TPSA) is 76.5 Å². The van der Waals surface area contributed by atoms with Crippen molar-refractivity contribution in [3.05, 3.63) is 58.1 Å². The van der Waals surface area contributed by atoms with E-state index < -0.39 is 0 Å². The highest BCUT2D eigenvalue weighted by Gasteiger charge is 2.25. The molecule has 7 heteroatoms. The fourth-order valence-electron chi connectivity index (χ4n) is 4.19. The largest absolute Gasteiger partial charge is 0.326 e. The number of anilines is 1. The highest BCUT2D eigenvalue weighted by Crippen LogP contribution is 2.28. The Morgan fingerprint density at radius 1 is 1.13 bits per heavy atom. The SMILES string of the molecule is CON1CCC(C(=O)Nc2ccc(C)c(-c3cc4cnc(C)cc4n(C)c3=O)c2)CC1. The molecular formula is C24H28N4O3. The van der Waals surface area contributed by atoms with E-state index >= 15 is 0 Å². The first-order valence-electron chi connectivity index (χ1n) is 10.5. The van der Waals surface area contributed by atoms with E-state index in [4.69, 9.17) is 4.84 Å². The first-order chi connectivity index (χ1) is 14.9. The third-order valence-electron chi connectivity index (χ3n) is 6.12. The minimum atomic E-state index is -0.0726. The summed E-state index contributed by atoms with van der Waals surface area (Å²) in [5.74, 6) is -0.0318. The molecule has 4 rings (SSSR count). The second-order valence-corrected chi connectivity index (χ2v) is 8.21. The summed E-state index contributed by atoms with van der Waals surface area (Å²) < 4.78 is 1.66. The van der Waals surface area contributed by atoms with Gasteiger partial charge >= 0.3 is 0 Å². The molecule has 2 aromatic heterocycles. The summed E-state index contributed by atoms with van der Waals surface area (Å²) in [4.78, 5) is 35.5. The highest BCUT2D eigenvalue weighted by atomic mass is 16.7. The number of aryl methyl sites for hydroxylation is 3. The molecule has 3 aromatic rings. The predicted molar refractivity (Wildman–Crippen MR) is 122 cm³/mol. The molecule has 162 valence electrons. The quantitative estimate of drug-likeness (QED) is 0.700. The molecule has 7 nitrogen and oxygen atoms in total. The molecule has 3 heterocycles. The molecule has 1 saturated heterocycles. The van der Waals surface area contributed by atoms with Gasteiger partial charge in [-0.15, -0.1) is 0 Å². The third-order valence-corrected chi connectivity index (χ3v) is 6.12. The van der Waals surface area contributed by atoms with E-state index in [1.54, 1.807) is 24.9 Å². The maximum absolute atomic E-state index is 13.1. The second kappa shape index (κ2) is 8.61.